The van der Waals surface area contributed by atoms with Crippen LogP contribution in [0.15, 0.2) is 99.4 Å². The van der Waals surface area contributed by atoms with Crippen molar-refractivity contribution in [1.29, 1.82) is 0 Å². The minimum absolute atomic E-state index is 0.0598. The van der Waals surface area contributed by atoms with Gasteiger partial charge in [0.1, 0.15) is 0 Å². The molecule has 6 rings (SSSR count). The summed E-state index contributed by atoms with van der Waals surface area (Å²) in [5, 5.41) is 1.81. The van der Waals surface area contributed by atoms with Crippen molar-refractivity contribution in [3.05, 3.63) is 111 Å². The summed E-state index contributed by atoms with van der Waals surface area (Å²) < 4.78 is 35.6. The first-order chi connectivity index (χ1) is 16.8. The van der Waals surface area contributed by atoms with Gasteiger partial charge < -0.3 is 9.55 Å². The van der Waals surface area contributed by atoms with Crippen LogP contribution in [0.2, 0.25) is 0 Å². The van der Waals surface area contributed by atoms with E-state index in [0.29, 0.717) is 49.2 Å². The number of hydrogen-bond acceptors (Lipinski definition) is 4. The van der Waals surface area contributed by atoms with Crippen LogP contribution in [0.5, 0.6) is 0 Å². The van der Waals surface area contributed by atoms with Crippen molar-refractivity contribution in [2.45, 2.75) is 11.4 Å². The van der Waals surface area contributed by atoms with Crippen LogP contribution < -0.4 is 10.9 Å². The lowest BCUT2D eigenvalue weighted by Crippen LogP contribution is -2.15. The Morgan fingerprint density at radius 3 is 2.14 bits per heavy atom. The maximum atomic E-state index is 13.5. The van der Waals surface area contributed by atoms with Crippen LogP contribution in [-0.4, -0.2) is 22.5 Å². The minimum atomic E-state index is -4.46. The van der Waals surface area contributed by atoms with E-state index in [1.165, 1.54) is 12.1 Å². The van der Waals surface area contributed by atoms with Crippen LogP contribution in [0.3, 0.4) is 0 Å². The number of H-pyrrole nitrogens is 1. The van der Waals surface area contributed by atoms with Gasteiger partial charge in [0.25, 0.3) is 10.1 Å². The van der Waals surface area contributed by atoms with E-state index < -0.39 is 10.1 Å². The quantitative estimate of drug-likeness (QED) is 0.286. The Hall–Kier alpha value is -4.27. The summed E-state index contributed by atoms with van der Waals surface area (Å²) in [6, 6.07) is 23.8. The zero-order chi connectivity index (χ0) is 24.3. The highest BCUT2D eigenvalue weighted by Gasteiger charge is 2.18. The monoisotopic (exact) mass is 482 g/mol. The first-order valence-corrected chi connectivity index (χ1v) is 12.3. The lowest BCUT2D eigenvalue weighted by Gasteiger charge is -2.17. The summed E-state index contributed by atoms with van der Waals surface area (Å²) in [7, 11) is -4.46. The van der Waals surface area contributed by atoms with Crippen molar-refractivity contribution < 1.29 is 13.0 Å². The highest BCUT2D eigenvalue weighted by molar-refractivity contribution is 7.85. The number of aromatic amines is 1. The molecule has 0 amide bonds. The molecule has 2 aromatic heterocycles. The Kier molecular flexibility index (Phi) is 4.64. The van der Waals surface area contributed by atoms with E-state index in [-0.39, 0.29) is 22.3 Å². The van der Waals surface area contributed by atoms with E-state index in [2.05, 4.69) is 4.98 Å². The van der Waals surface area contributed by atoms with Crippen molar-refractivity contribution in [3.8, 4) is 0 Å². The topological polar surface area (TPSA) is 109 Å². The Morgan fingerprint density at radius 1 is 0.686 bits per heavy atom. The third kappa shape index (κ3) is 3.34. The van der Waals surface area contributed by atoms with Gasteiger partial charge in [0.2, 0.25) is 0 Å². The number of benzene rings is 4. The van der Waals surface area contributed by atoms with E-state index in [0.717, 1.165) is 0 Å². The van der Waals surface area contributed by atoms with E-state index >= 15 is 0 Å². The fourth-order valence-corrected chi connectivity index (χ4v) is 5.48. The molecular formula is C27H18N2O5S. The molecule has 0 aliphatic carbocycles. The van der Waals surface area contributed by atoms with Crippen LogP contribution in [0.25, 0.3) is 43.6 Å². The molecule has 4 aromatic carbocycles. The van der Waals surface area contributed by atoms with Gasteiger partial charge >= 0.3 is 0 Å². The summed E-state index contributed by atoms with van der Waals surface area (Å²) in [5.74, 6) is 0. The second-order valence-electron chi connectivity index (χ2n) is 8.43. The maximum absolute atomic E-state index is 13.5. The highest BCUT2D eigenvalue weighted by atomic mass is 32.2. The maximum Gasteiger partial charge on any atom is 0.294 e. The zero-order valence-electron chi connectivity index (χ0n) is 18.2. The molecule has 2 heterocycles. The van der Waals surface area contributed by atoms with Crippen LogP contribution in [0.1, 0.15) is 5.56 Å². The van der Waals surface area contributed by atoms with E-state index in [1.807, 2.05) is 16.7 Å². The number of pyridine rings is 2. The van der Waals surface area contributed by atoms with Gasteiger partial charge in [-0.1, -0.05) is 42.5 Å². The summed E-state index contributed by atoms with van der Waals surface area (Å²) in [4.78, 5) is 29.8. The lowest BCUT2D eigenvalue weighted by atomic mass is 10.0. The smallest absolute Gasteiger partial charge is 0.294 e. The van der Waals surface area contributed by atoms with Gasteiger partial charge in [0.05, 0.1) is 21.4 Å². The lowest BCUT2D eigenvalue weighted by molar-refractivity contribution is 0.482. The predicted molar refractivity (Wildman–Crippen MR) is 137 cm³/mol. The molecule has 0 aliphatic rings. The molecule has 0 saturated carbocycles. The molecule has 35 heavy (non-hydrogen) atoms. The van der Waals surface area contributed by atoms with E-state index in [9.17, 15) is 22.6 Å². The molecule has 172 valence electrons. The summed E-state index contributed by atoms with van der Waals surface area (Å²) in [6.45, 7) is 0.0598. The molecular weight excluding hydrogens is 464 g/mol. The molecule has 0 radical (unpaired) electrons. The number of aromatic nitrogens is 2. The number of nitrogens with one attached hydrogen (secondary N) is 1. The molecule has 7 nitrogen and oxygen atoms in total. The number of para-hydroxylation sites is 2. The van der Waals surface area contributed by atoms with Crippen molar-refractivity contribution >= 4 is 53.7 Å². The first-order valence-electron chi connectivity index (χ1n) is 10.9. The molecule has 0 saturated heterocycles. The molecule has 2 N–H and O–H groups in total. The molecule has 8 heteroatoms. The van der Waals surface area contributed by atoms with Gasteiger partial charge in [-0.2, -0.15) is 8.42 Å². The average molecular weight is 483 g/mol. The number of rotatable bonds is 3. The van der Waals surface area contributed by atoms with Crippen LogP contribution in [0, 0.1) is 0 Å². The van der Waals surface area contributed by atoms with Crippen LogP contribution >= 0.6 is 0 Å². The molecule has 6 aromatic rings. The molecule has 0 bridgehead atoms. The zero-order valence-corrected chi connectivity index (χ0v) is 19.0. The SMILES string of the molecule is O=c1c2ccccc2[nH]c2cc3c(=O)c4ccccc4n(Cc4ccccc4S(=O)(=O)O)c3cc12. The predicted octanol–water partition coefficient (Wildman–Crippen LogP) is 4.44. The Bertz CT molecular complexity index is 2060. The van der Waals surface area contributed by atoms with Gasteiger partial charge in [-0.25, -0.2) is 0 Å². The molecule has 0 atom stereocenters. The standard InChI is InChI=1S/C27H18N2O5S/c30-26-17-8-2-4-10-21(17)28-22-13-20-24(14-19(22)26)29(23-11-5-3-9-18(23)27(20)31)15-16-7-1-6-12-25(16)35(32,33)34/h1-14H,15H2,(H,28,30)(H,32,33,34). The second-order valence-corrected chi connectivity index (χ2v) is 9.82. The van der Waals surface area contributed by atoms with Gasteiger partial charge in [-0.3, -0.25) is 14.1 Å². The van der Waals surface area contributed by atoms with Gasteiger partial charge in [0.15, 0.2) is 10.9 Å². The second kappa shape index (κ2) is 7.63. The largest absolute Gasteiger partial charge is 0.354 e. The average Bonchev–Trinajstić information content (AvgIpc) is 2.86. The van der Waals surface area contributed by atoms with Crippen molar-refractivity contribution in [3.63, 3.8) is 0 Å². The van der Waals surface area contributed by atoms with Gasteiger partial charge in [-0.15, -0.1) is 0 Å². The van der Waals surface area contributed by atoms with Crippen molar-refractivity contribution in [2.24, 2.45) is 0 Å². The fourth-order valence-electron chi connectivity index (χ4n) is 4.77. The van der Waals surface area contributed by atoms with Crippen LogP contribution in [0.4, 0.5) is 0 Å². The molecule has 0 fully saturated rings. The summed E-state index contributed by atoms with van der Waals surface area (Å²) in [6.07, 6.45) is 0. The summed E-state index contributed by atoms with van der Waals surface area (Å²) in [5.41, 5.74) is 2.30. The summed E-state index contributed by atoms with van der Waals surface area (Å²) >= 11 is 0. The Morgan fingerprint density at radius 2 is 1.34 bits per heavy atom. The fraction of sp³-hybridized carbons (Fsp3) is 0.0370. The van der Waals surface area contributed by atoms with Gasteiger partial charge in [0, 0.05) is 33.6 Å². The van der Waals surface area contributed by atoms with E-state index in [1.54, 1.807) is 60.7 Å². The first kappa shape index (κ1) is 21.3. The highest BCUT2D eigenvalue weighted by Crippen LogP contribution is 2.26. The number of nitrogens with zero attached hydrogens (tertiary/aromatic N) is 1. The van der Waals surface area contributed by atoms with Crippen molar-refractivity contribution in [1.82, 2.24) is 9.55 Å². The molecule has 0 aliphatic heterocycles. The minimum Gasteiger partial charge on any atom is -0.354 e. The Labute approximate surface area is 198 Å². The normalized spacial score (nSPS) is 12.1. The number of fused-ring (bicyclic) bond motifs is 4. The van der Waals surface area contributed by atoms with Crippen molar-refractivity contribution in [2.75, 3.05) is 0 Å². The van der Waals surface area contributed by atoms with E-state index in [4.69, 9.17) is 0 Å². The molecule has 0 unspecified atom stereocenters. The third-order valence-corrected chi connectivity index (χ3v) is 7.33. The molecule has 0 spiro atoms. The Balaban J connectivity index is 1.76. The van der Waals surface area contributed by atoms with Crippen LogP contribution in [-0.2, 0) is 16.7 Å². The van der Waals surface area contributed by atoms with Gasteiger partial charge in [-0.05, 0) is 48.0 Å². The number of hydrogen-bond donors (Lipinski definition) is 2. The third-order valence-electron chi connectivity index (χ3n) is 6.38.